The second-order valence-corrected chi connectivity index (χ2v) is 4.84. The number of imidazole rings is 1. The van der Waals surface area contributed by atoms with Crippen molar-refractivity contribution in [1.29, 1.82) is 0 Å². The molecule has 0 bridgehead atoms. The Morgan fingerprint density at radius 2 is 2.29 bits per heavy atom. The molecule has 1 aliphatic rings. The van der Waals surface area contributed by atoms with Crippen LogP contribution in [0.25, 0.3) is 11.0 Å². The number of benzene rings is 1. The minimum absolute atomic E-state index is 0.0289. The molecule has 0 spiro atoms. The van der Waals surface area contributed by atoms with Crippen LogP contribution in [0, 0.1) is 0 Å². The topological polar surface area (TPSA) is 64.1 Å². The minimum Gasteiger partial charge on any atom is -0.394 e. The summed E-state index contributed by atoms with van der Waals surface area (Å²) in [6.07, 6.45) is 2.50. The molecular formula is C13H17N3O. The van der Waals surface area contributed by atoms with Gasteiger partial charge in [0.1, 0.15) is 5.82 Å². The van der Waals surface area contributed by atoms with Crippen LogP contribution < -0.4 is 5.73 Å². The number of nitrogens with two attached hydrogens (primary N) is 1. The molecule has 0 amide bonds. The number of aromatic nitrogens is 2. The third-order valence-corrected chi connectivity index (χ3v) is 3.51. The Balaban J connectivity index is 2.11. The molecular weight excluding hydrogens is 214 g/mol. The maximum atomic E-state index is 9.09. The van der Waals surface area contributed by atoms with Gasteiger partial charge < -0.3 is 15.4 Å². The average molecular weight is 231 g/mol. The molecule has 0 aliphatic heterocycles. The van der Waals surface area contributed by atoms with E-state index in [1.165, 1.54) is 18.7 Å². The molecule has 1 saturated carbocycles. The predicted molar refractivity (Wildman–Crippen MR) is 66.7 cm³/mol. The molecule has 4 heteroatoms. The average Bonchev–Trinajstić information content (AvgIpc) is 3.14. The maximum absolute atomic E-state index is 9.09. The highest BCUT2D eigenvalue weighted by Crippen LogP contribution is 2.40. The number of aliphatic hydroxyl groups excluding tert-OH is 1. The summed E-state index contributed by atoms with van der Waals surface area (Å²) in [7, 11) is 2.05. The van der Waals surface area contributed by atoms with Crippen LogP contribution >= 0.6 is 0 Å². The van der Waals surface area contributed by atoms with Gasteiger partial charge in [0.05, 0.1) is 23.7 Å². The van der Waals surface area contributed by atoms with Crippen molar-refractivity contribution in [2.75, 3.05) is 6.61 Å². The fourth-order valence-electron chi connectivity index (χ4n) is 2.27. The van der Waals surface area contributed by atoms with Gasteiger partial charge in [0.2, 0.25) is 0 Å². The van der Waals surface area contributed by atoms with Crippen LogP contribution in [0.1, 0.15) is 36.2 Å². The van der Waals surface area contributed by atoms with Crippen molar-refractivity contribution in [2.45, 2.75) is 24.8 Å². The van der Waals surface area contributed by atoms with E-state index in [4.69, 9.17) is 10.8 Å². The summed E-state index contributed by atoms with van der Waals surface area (Å²) in [4.78, 5) is 4.66. The quantitative estimate of drug-likeness (QED) is 0.840. The molecule has 1 aromatic carbocycles. The van der Waals surface area contributed by atoms with E-state index in [1.807, 2.05) is 18.2 Å². The SMILES string of the molecule is Cn1c(C2CC2)nc2ccc(C(N)CO)cc21. The first-order valence-electron chi connectivity index (χ1n) is 6.03. The molecule has 1 heterocycles. The van der Waals surface area contributed by atoms with E-state index in [9.17, 15) is 0 Å². The van der Waals surface area contributed by atoms with Gasteiger partial charge in [-0.05, 0) is 30.5 Å². The monoisotopic (exact) mass is 231 g/mol. The first kappa shape index (κ1) is 10.7. The van der Waals surface area contributed by atoms with Gasteiger partial charge in [-0.1, -0.05) is 6.07 Å². The summed E-state index contributed by atoms with van der Waals surface area (Å²) in [5.74, 6) is 1.82. The summed E-state index contributed by atoms with van der Waals surface area (Å²) < 4.78 is 2.15. The molecule has 17 heavy (non-hydrogen) atoms. The minimum atomic E-state index is -0.307. The lowest BCUT2D eigenvalue weighted by Crippen LogP contribution is -2.14. The lowest BCUT2D eigenvalue weighted by Gasteiger charge is -2.08. The summed E-state index contributed by atoms with van der Waals surface area (Å²) in [5.41, 5.74) is 8.92. The van der Waals surface area contributed by atoms with Crippen molar-refractivity contribution in [3.8, 4) is 0 Å². The van der Waals surface area contributed by atoms with Crippen molar-refractivity contribution in [1.82, 2.24) is 9.55 Å². The lowest BCUT2D eigenvalue weighted by atomic mass is 10.1. The molecule has 1 aromatic heterocycles. The van der Waals surface area contributed by atoms with E-state index >= 15 is 0 Å². The molecule has 1 fully saturated rings. The normalized spacial score (nSPS) is 17.6. The third-order valence-electron chi connectivity index (χ3n) is 3.51. The van der Waals surface area contributed by atoms with Gasteiger partial charge in [0, 0.05) is 13.0 Å². The predicted octanol–water partition coefficient (Wildman–Crippen LogP) is 1.44. The number of fused-ring (bicyclic) bond motifs is 1. The number of hydrogen-bond donors (Lipinski definition) is 2. The highest BCUT2D eigenvalue weighted by molar-refractivity contribution is 5.77. The Hall–Kier alpha value is -1.39. The van der Waals surface area contributed by atoms with Crippen LogP contribution in [0.2, 0.25) is 0 Å². The number of rotatable bonds is 3. The molecule has 2 aromatic rings. The van der Waals surface area contributed by atoms with Gasteiger partial charge in [0.15, 0.2) is 0 Å². The van der Waals surface area contributed by atoms with Crippen molar-refractivity contribution in [3.05, 3.63) is 29.6 Å². The Morgan fingerprint density at radius 1 is 1.53 bits per heavy atom. The smallest absolute Gasteiger partial charge is 0.112 e. The molecule has 0 saturated heterocycles. The molecule has 0 radical (unpaired) electrons. The molecule has 3 rings (SSSR count). The van der Waals surface area contributed by atoms with Gasteiger partial charge in [-0.2, -0.15) is 0 Å². The largest absolute Gasteiger partial charge is 0.394 e. The van der Waals surface area contributed by atoms with E-state index in [0.29, 0.717) is 5.92 Å². The van der Waals surface area contributed by atoms with Crippen LogP contribution in [0.4, 0.5) is 0 Å². The van der Waals surface area contributed by atoms with Gasteiger partial charge in [0.25, 0.3) is 0 Å². The van der Waals surface area contributed by atoms with Gasteiger partial charge >= 0.3 is 0 Å². The second kappa shape index (κ2) is 3.82. The summed E-state index contributed by atoms with van der Waals surface area (Å²) in [6.45, 7) is -0.0289. The highest BCUT2D eigenvalue weighted by atomic mass is 16.3. The maximum Gasteiger partial charge on any atom is 0.112 e. The molecule has 4 nitrogen and oxygen atoms in total. The van der Waals surface area contributed by atoms with E-state index in [0.717, 1.165) is 16.6 Å². The van der Waals surface area contributed by atoms with Crippen molar-refractivity contribution >= 4 is 11.0 Å². The number of aliphatic hydroxyl groups is 1. The van der Waals surface area contributed by atoms with E-state index in [1.54, 1.807) is 0 Å². The van der Waals surface area contributed by atoms with Gasteiger partial charge in [-0.15, -0.1) is 0 Å². The number of hydrogen-bond acceptors (Lipinski definition) is 3. The first-order chi connectivity index (χ1) is 8.20. The van der Waals surface area contributed by atoms with Crippen LogP contribution in [0.15, 0.2) is 18.2 Å². The van der Waals surface area contributed by atoms with E-state index in [-0.39, 0.29) is 12.6 Å². The number of nitrogens with zero attached hydrogens (tertiary/aromatic N) is 2. The standard InChI is InChI=1S/C13H17N3O/c1-16-12-6-9(10(14)7-17)4-5-11(12)15-13(16)8-2-3-8/h4-6,8,10,17H,2-3,7,14H2,1H3. The molecule has 1 unspecified atom stereocenters. The molecule has 1 aliphatic carbocycles. The summed E-state index contributed by atoms with van der Waals surface area (Å²) >= 11 is 0. The fraction of sp³-hybridized carbons (Fsp3) is 0.462. The fourth-order valence-corrected chi connectivity index (χ4v) is 2.27. The Kier molecular flexibility index (Phi) is 2.42. The van der Waals surface area contributed by atoms with Crippen LogP contribution in [0.5, 0.6) is 0 Å². The van der Waals surface area contributed by atoms with E-state index in [2.05, 4.69) is 16.6 Å². The first-order valence-corrected chi connectivity index (χ1v) is 6.03. The molecule has 90 valence electrons. The third kappa shape index (κ3) is 1.73. The van der Waals surface area contributed by atoms with Crippen LogP contribution in [-0.4, -0.2) is 21.3 Å². The zero-order valence-electron chi connectivity index (χ0n) is 9.93. The lowest BCUT2D eigenvalue weighted by molar-refractivity contribution is 0.268. The Labute approximate surface area is 100 Å². The van der Waals surface area contributed by atoms with Crippen LogP contribution in [0.3, 0.4) is 0 Å². The number of aryl methyl sites for hydroxylation is 1. The zero-order valence-corrected chi connectivity index (χ0v) is 9.93. The van der Waals surface area contributed by atoms with Crippen molar-refractivity contribution < 1.29 is 5.11 Å². The Bertz CT molecular complexity index is 557. The zero-order chi connectivity index (χ0) is 12.0. The Morgan fingerprint density at radius 3 is 2.94 bits per heavy atom. The van der Waals surface area contributed by atoms with Crippen LogP contribution in [-0.2, 0) is 7.05 Å². The summed E-state index contributed by atoms with van der Waals surface area (Å²) in [6, 6.07) is 5.67. The van der Waals surface area contributed by atoms with Gasteiger partial charge in [-0.3, -0.25) is 0 Å². The second-order valence-electron chi connectivity index (χ2n) is 4.84. The van der Waals surface area contributed by atoms with Gasteiger partial charge in [-0.25, -0.2) is 4.98 Å². The van der Waals surface area contributed by atoms with Crippen molar-refractivity contribution in [3.63, 3.8) is 0 Å². The van der Waals surface area contributed by atoms with E-state index < -0.39 is 0 Å². The molecule has 3 N–H and O–H groups in total. The molecule has 1 atom stereocenters. The summed E-state index contributed by atoms with van der Waals surface area (Å²) in [5, 5.41) is 9.09. The van der Waals surface area contributed by atoms with Crippen molar-refractivity contribution in [2.24, 2.45) is 12.8 Å². The highest BCUT2D eigenvalue weighted by Gasteiger charge is 2.28.